The van der Waals surface area contributed by atoms with Crippen LogP contribution in [-0.4, -0.2) is 59.7 Å². The molecule has 6 aliphatic rings. The number of amides is 4. The average Bonchev–Trinajstić information content (AvgIpc) is 3.72. The maximum Gasteiger partial charge on any atom is 0.246 e. The fraction of sp³-hybridized carbons (Fsp3) is 0.767. The zero-order valence-corrected chi connectivity index (χ0v) is 23.2. The molecule has 4 amide bonds. The van der Waals surface area contributed by atoms with Crippen LogP contribution in [0.15, 0.2) is 12.2 Å². The number of carbonyl (C=O) groups is 4. The molecule has 8 unspecified atom stereocenters. The molecule has 0 aromatic rings. The summed E-state index contributed by atoms with van der Waals surface area (Å²) >= 11 is 0. The van der Waals surface area contributed by atoms with Crippen LogP contribution in [0.4, 0.5) is 0 Å². The standard InChI is InChI=1S/C30H41N5O4/c1-29(2,3)24(34-28(39)30(9-10-30)19-6-7-19)27(38)35-15-21-16-4-5-17(12-16)22(21)23(35)26(37)33-20(14-31)13-18-8-11-32-25(18)36/h4-5,16-24H,6-13,15H2,1-3H3,(H,32,36)(H,33,37)(H,34,39). The van der Waals surface area contributed by atoms with Crippen LogP contribution in [0.1, 0.15) is 65.7 Å². The first-order chi connectivity index (χ1) is 18.5. The van der Waals surface area contributed by atoms with E-state index in [1.807, 2.05) is 20.8 Å². The predicted molar refractivity (Wildman–Crippen MR) is 142 cm³/mol. The Kier molecular flexibility index (Phi) is 6.31. The van der Waals surface area contributed by atoms with E-state index in [0.717, 1.165) is 32.1 Å². The van der Waals surface area contributed by atoms with Gasteiger partial charge in [0, 0.05) is 19.0 Å². The SMILES string of the molecule is CC(C)(C)C(NC(=O)C1(C2CC2)CC1)C(=O)N1CC2C3C=CC(C3)C2C1C(=O)NC(C#N)CC1CCNC1=O. The highest BCUT2D eigenvalue weighted by molar-refractivity contribution is 5.95. The number of nitriles is 1. The lowest BCUT2D eigenvalue weighted by molar-refractivity contribution is -0.145. The zero-order chi connectivity index (χ0) is 27.7. The molecule has 9 nitrogen and oxygen atoms in total. The van der Waals surface area contributed by atoms with Crippen molar-refractivity contribution in [3.63, 3.8) is 0 Å². The second-order valence-electron chi connectivity index (χ2n) is 14.0. The Balaban J connectivity index is 1.23. The Labute approximate surface area is 230 Å². The topological polar surface area (TPSA) is 131 Å². The van der Waals surface area contributed by atoms with Crippen molar-refractivity contribution >= 4 is 23.6 Å². The summed E-state index contributed by atoms with van der Waals surface area (Å²) in [5.74, 6) is 0.270. The Morgan fingerprint density at radius 3 is 2.46 bits per heavy atom. The number of fused-ring (bicyclic) bond motifs is 5. The van der Waals surface area contributed by atoms with Crippen molar-refractivity contribution in [2.75, 3.05) is 13.1 Å². The molecule has 3 saturated carbocycles. The molecule has 4 aliphatic carbocycles. The van der Waals surface area contributed by atoms with E-state index in [9.17, 15) is 24.4 Å². The highest BCUT2D eigenvalue weighted by Crippen LogP contribution is 2.61. The number of likely N-dealkylation sites (tertiary alicyclic amines) is 1. The van der Waals surface area contributed by atoms with Gasteiger partial charge in [0.1, 0.15) is 18.1 Å². The molecule has 8 atom stereocenters. The van der Waals surface area contributed by atoms with Crippen LogP contribution in [0.5, 0.6) is 0 Å². The fourth-order valence-electron chi connectivity index (χ4n) is 8.02. The van der Waals surface area contributed by atoms with E-state index >= 15 is 0 Å². The minimum absolute atomic E-state index is 0.00405. The van der Waals surface area contributed by atoms with E-state index in [0.29, 0.717) is 31.3 Å². The Morgan fingerprint density at radius 1 is 1.15 bits per heavy atom. The maximum absolute atomic E-state index is 14.3. The van der Waals surface area contributed by atoms with Gasteiger partial charge in [0.15, 0.2) is 0 Å². The number of allylic oxidation sites excluding steroid dienone is 2. The summed E-state index contributed by atoms with van der Waals surface area (Å²) in [4.78, 5) is 55.5. The summed E-state index contributed by atoms with van der Waals surface area (Å²) in [6.45, 7) is 6.94. The molecule has 2 bridgehead atoms. The third-order valence-corrected chi connectivity index (χ3v) is 10.5. The first-order valence-electron chi connectivity index (χ1n) is 14.8. The molecule has 0 spiro atoms. The van der Waals surface area contributed by atoms with Crippen LogP contribution < -0.4 is 16.0 Å². The van der Waals surface area contributed by atoms with E-state index < -0.39 is 23.5 Å². The molecule has 2 saturated heterocycles. The van der Waals surface area contributed by atoms with E-state index in [1.54, 1.807) is 4.90 Å². The van der Waals surface area contributed by atoms with Gasteiger partial charge < -0.3 is 20.9 Å². The molecule has 6 rings (SSSR count). The molecular weight excluding hydrogens is 494 g/mol. The maximum atomic E-state index is 14.3. The van der Waals surface area contributed by atoms with E-state index in [4.69, 9.17) is 0 Å². The highest BCUT2D eigenvalue weighted by Gasteiger charge is 2.61. The third-order valence-electron chi connectivity index (χ3n) is 10.5. The monoisotopic (exact) mass is 535 g/mol. The van der Waals surface area contributed by atoms with Crippen LogP contribution in [0.25, 0.3) is 0 Å². The lowest BCUT2D eigenvalue weighted by atomic mass is 9.81. The third kappa shape index (κ3) is 4.54. The van der Waals surface area contributed by atoms with E-state index in [2.05, 4.69) is 34.2 Å². The predicted octanol–water partition coefficient (Wildman–Crippen LogP) is 1.89. The molecule has 0 radical (unpaired) electrons. The highest BCUT2D eigenvalue weighted by atomic mass is 16.2. The minimum atomic E-state index is -0.803. The molecule has 2 heterocycles. The van der Waals surface area contributed by atoms with Gasteiger partial charge in [-0.1, -0.05) is 32.9 Å². The molecular formula is C30H41N5O4. The number of carbonyl (C=O) groups excluding carboxylic acids is 4. The molecule has 9 heteroatoms. The number of nitrogens with one attached hydrogen (secondary N) is 3. The number of nitrogens with zero attached hydrogens (tertiary/aromatic N) is 2. The molecule has 0 aromatic carbocycles. The summed E-state index contributed by atoms with van der Waals surface area (Å²) < 4.78 is 0. The molecule has 39 heavy (non-hydrogen) atoms. The van der Waals surface area contributed by atoms with E-state index in [1.165, 1.54) is 0 Å². The van der Waals surface area contributed by atoms with Crippen LogP contribution in [0.3, 0.4) is 0 Å². The zero-order valence-electron chi connectivity index (χ0n) is 23.2. The van der Waals surface area contributed by atoms with Gasteiger partial charge in [-0.2, -0.15) is 5.26 Å². The Morgan fingerprint density at radius 2 is 1.87 bits per heavy atom. The second kappa shape index (κ2) is 9.35. The Hall–Kier alpha value is -2.89. The van der Waals surface area contributed by atoms with Gasteiger partial charge in [-0.25, -0.2) is 0 Å². The van der Waals surface area contributed by atoms with Gasteiger partial charge in [-0.3, -0.25) is 19.2 Å². The quantitative estimate of drug-likeness (QED) is 0.409. The summed E-state index contributed by atoms with van der Waals surface area (Å²) in [7, 11) is 0. The summed E-state index contributed by atoms with van der Waals surface area (Å²) in [5.41, 5.74) is -0.842. The van der Waals surface area contributed by atoms with Crippen LogP contribution in [0, 0.1) is 57.7 Å². The molecule has 210 valence electrons. The lowest BCUT2D eigenvalue weighted by Gasteiger charge is -2.37. The van der Waals surface area contributed by atoms with Gasteiger partial charge in [0.05, 0.1) is 11.5 Å². The van der Waals surface area contributed by atoms with Gasteiger partial charge in [-0.05, 0) is 80.0 Å². The van der Waals surface area contributed by atoms with Crippen LogP contribution in [-0.2, 0) is 19.2 Å². The van der Waals surface area contributed by atoms with Crippen LogP contribution in [0.2, 0.25) is 0 Å². The van der Waals surface area contributed by atoms with Gasteiger partial charge in [0.2, 0.25) is 23.6 Å². The van der Waals surface area contributed by atoms with Gasteiger partial charge in [0.25, 0.3) is 0 Å². The summed E-state index contributed by atoms with van der Waals surface area (Å²) in [5, 5.41) is 18.7. The van der Waals surface area contributed by atoms with Crippen LogP contribution >= 0.6 is 0 Å². The second-order valence-corrected chi connectivity index (χ2v) is 14.0. The smallest absolute Gasteiger partial charge is 0.246 e. The van der Waals surface area contributed by atoms with Gasteiger partial charge in [-0.15, -0.1) is 0 Å². The van der Waals surface area contributed by atoms with Crippen molar-refractivity contribution in [1.29, 1.82) is 5.26 Å². The first kappa shape index (κ1) is 26.3. The molecule has 0 aromatic heterocycles. The molecule has 5 fully saturated rings. The fourth-order valence-corrected chi connectivity index (χ4v) is 8.02. The number of rotatable bonds is 8. The van der Waals surface area contributed by atoms with Crippen molar-refractivity contribution in [3.8, 4) is 6.07 Å². The van der Waals surface area contributed by atoms with Crippen molar-refractivity contribution in [2.24, 2.45) is 46.3 Å². The summed E-state index contributed by atoms with van der Waals surface area (Å²) in [6, 6.07) is -0.0737. The van der Waals surface area contributed by atoms with Gasteiger partial charge >= 0.3 is 0 Å². The average molecular weight is 536 g/mol. The van der Waals surface area contributed by atoms with Crippen molar-refractivity contribution < 1.29 is 19.2 Å². The molecule has 3 N–H and O–H groups in total. The minimum Gasteiger partial charge on any atom is -0.356 e. The largest absolute Gasteiger partial charge is 0.356 e. The lowest BCUT2D eigenvalue weighted by Crippen LogP contribution is -2.60. The Bertz CT molecular complexity index is 1140. The van der Waals surface area contributed by atoms with E-state index in [-0.39, 0.29) is 59.1 Å². The van der Waals surface area contributed by atoms with Crippen molar-refractivity contribution in [1.82, 2.24) is 20.9 Å². The number of hydrogen-bond acceptors (Lipinski definition) is 5. The molecule has 2 aliphatic heterocycles. The van der Waals surface area contributed by atoms with Crippen molar-refractivity contribution in [3.05, 3.63) is 12.2 Å². The first-order valence-corrected chi connectivity index (χ1v) is 14.8. The van der Waals surface area contributed by atoms with Crippen molar-refractivity contribution in [2.45, 2.75) is 83.8 Å². The normalized spacial score (nSPS) is 35.1. The number of hydrogen-bond donors (Lipinski definition) is 3. The summed E-state index contributed by atoms with van der Waals surface area (Å²) in [6.07, 6.45) is 10.2.